The van der Waals surface area contributed by atoms with Gasteiger partial charge in [0.05, 0.1) is 29.5 Å². The van der Waals surface area contributed by atoms with Gasteiger partial charge in [-0.05, 0) is 18.2 Å². The lowest BCUT2D eigenvalue weighted by Gasteiger charge is -2.06. The third-order valence-corrected chi connectivity index (χ3v) is 4.47. The van der Waals surface area contributed by atoms with Crippen molar-refractivity contribution in [1.82, 2.24) is 18.9 Å². The van der Waals surface area contributed by atoms with E-state index in [9.17, 15) is 9.59 Å². The van der Waals surface area contributed by atoms with E-state index in [-0.39, 0.29) is 17.7 Å². The van der Waals surface area contributed by atoms with Gasteiger partial charge in [0.2, 0.25) is 0 Å². The molecule has 0 atom stereocenters. The standard InChI is InChI=1S/C15H9ClN4O2S/c16-9-1-2-12-11(5-9)14(22)19(8-17-12)7-10-6-13(21)20-3-4-23-15(20)18-10/h1-6,8H,7H2. The number of hydrogen-bond donors (Lipinski definition) is 0. The molecule has 0 aliphatic rings. The Morgan fingerprint density at radius 2 is 2.09 bits per heavy atom. The van der Waals surface area contributed by atoms with Crippen LogP contribution in [0.5, 0.6) is 0 Å². The minimum absolute atomic E-state index is 0.170. The van der Waals surface area contributed by atoms with E-state index in [4.69, 9.17) is 11.6 Å². The van der Waals surface area contributed by atoms with Crippen LogP contribution in [0.1, 0.15) is 5.69 Å². The van der Waals surface area contributed by atoms with Gasteiger partial charge in [-0.25, -0.2) is 9.97 Å². The molecule has 0 amide bonds. The SMILES string of the molecule is O=c1c2cc(Cl)ccc2ncn1Cc1cc(=O)n2ccsc2n1. The molecule has 6 nitrogen and oxygen atoms in total. The number of aromatic nitrogens is 4. The second kappa shape index (κ2) is 5.29. The summed E-state index contributed by atoms with van der Waals surface area (Å²) >= 11 is 7.31. The van der Waals surface area contributed by atoms with Crippen molar-refractivity contribution in [3.8, 4) is 0 Å². The maximum atomic E-state index is 12.5. The summed E-state index contributed by atoms with van der Waals surface area (Å²) in [5.74, 6) is 0. The van der Waals surface area contributed by atoms with Crippen LogP contribution in [0.25, 0.3) is 15.9 Å². The van der Waals surface area contributed by atoms with E-state index in [0.29, 0.717) is 26.6 Å². The normalized spacial score (nSPS) is 11.3. The van der Waals surface area contributed by atoms with E-state index >= 15 is 0 Å². The van der Waals surface area contributed by atoms with Crippen molar-refractivity contribution < 1.29 is 0 Å². The number of thiazole rings is 1. The molecule has 0 saturated heterocycles. The molecule has 23 heavy (non-hydrogen) atoms. The molecule has 4 aromatic rings. The Labute approximate surface area is 138 Å². The monoisotopic (exact) mass is 344 g/mol. The minimum atomic E-state index is -0.217. The Balaban J connectivity index is 1.84. The molecule has 0 bridgehead atoms. The predicted octanol–water partition coefficient (Wildman–Crippen LogP) is 2.17. The molecule has 1 aromatic carbocycles. The van der Waals surface area contributed by atoms with Crippen molar-refractivity contribution in [2.45, 2.75) is 6.54 Å². The van der Waals surface area contributed by atoms with Crippen molar-refractivity contribution in [2.75, 3.05) is 0 Å². The van der Waals surface area contributed by atoms with Crippen molar-refractivity contribution in [2.24, 2.45) is 0 Å². The summed E-state index contributed by atoms with van der Waals surface area (Å²) in [6, 6.07) is 6.40. The first-order valence-electron chi connectivity index (χ1n) is 6.72. The van der Waals surface area contributed by atoms with Crippen LogP contribution in [0.2, 0.25) is 5.02 Å². The van der Waals surface area contributed by atoms with Gasteiger partial charge in [0.1, 0.15) is 0 Å². The molecule has 0 unspecified atom stereocenters. The first-order chi connectivity index (χ1) is 11.1. The van der Waals surface area contributed by atoms with Gasteiger partial charge in [0.15, 0.2) is 4.96 Å². The Kier molecular flexibility index (Phi) is 3.24. The van der Waals surface area contributed by atoms with Gasteiger partial charge in [0, 0.05) is 22.7 Å². The molecule has 0 fully saturated rings. The van der Waals surface area contributed by atoms with Crippen molar-refractivity contribution in [3.05, 3.63) is 73.6 Å². The summed E-state index contributed by atoms with van der Waals surface area (Å²) < 4.78 is 2.89. The summed E-state index contributed by atoms with van der Waals surface area (Å²) in [7, 11) is 0. The van der Waals surface area contributed by atoms with E-state index in [1.54, 1.807) is 29.8 Å². The van der Waals surface area contributed by atoms with Crippen LogP contribution in [0.4, 0.5) is 0 Å². The lowest BCUT2D eigenvalue weighted by Crippen LogP contribution is -2.23. The Hall–Kier alpha value is -2.51. The van der Waals surface area contributed by atoms with E-state index in [1.807, 2.05) is 0 Å². The van der Waals surface area contributed by atoms with Gasteiger partial charge < -0.3 is 0 Å². The number of fused-ring (bicyclic) bond motifs is 2. The third kappa shape index (κ3) is 2.43. The number of hydrogen-bond acceptors (Lipinski definition) is 5. The zero-order valence-corrected chi connectivity index (χ0v) is 13.2. The molecule has 3 aromatic heterocycles. The minimum Gasteiger partial charge on any atom is -0.293 e. The summed E-state index contributed by atoms with van der Waals surface area (Å²) in [6.07, 6.45) is 3.13. The van der Waals surface area contributed by atoms with Crippen LogP contribution in [-0.2, 0) is 6.54 Å². The average Bonchev–Trinajstić information content (AvgIpc) is 3.00. The summed E-state index contributed by atoms with van der Waals surface area (Å²) in [6.45, 7) is 0.178. The van der Waals surface area contributed by atoms with Crippen LogP contribution < -0.4 is 11.1 Å². The zero-order chi connectivity index (χ0) is 16.0. The highest BCUT2D eigenvalue weighted by atomic mass is 35.5. The number of rotatable bonds is 2. The molecule has 0 radical (unpaired) electrons. The van der Waals surface area contributed by atoms with Gasteiger partial charge >= 0.3 is 0 Å². The molecule has 0 aliphatic heterocycles. The van der Waals surface area contributed by atoms with Crippen LogP contribution in [0.3, 0.4) is 0 Å². The second-order valence-corrected chi connectivity index (χ2v) is 6.29. The van der Waals surface area contributed by atoms with E-state index in [2.05, 4.69) is 9.97 Å². The van der Waals surface area contributed by atoms with Crippen LogP contribution >= 0.6 is 22.9 Å². The number of nitrogens with zero attached hydrogens (tertiary/aromatic N) is 4. The third-order valence-electron chi connectivity index (χ3n) is 3.47. The smallest absolute Gasteiger partial charge is 0.261 e. The maximum absolute atomic E-state index is 12.5. The Bertz CT molecular complexity index is 1160. The summed E-state index contributed by atoms with van der Waals surface area (Å²) in [5.41, 5.74) is 0.710. The largest absolute Gasteiger partial charge is 0.293 e. The second-order valence-electron chi connectivity index (χ2n) is 4.98. The Morgan fingerprint density at radius 1 is 1.22 bits per heavy atom. The van der Waals surface area contributed by atoms with Gasteiger partial charge in [-0.1, -0.05) is 11.6 Å². The van der Waals surface area contributed by atoms with Crippen molar-refractivity contribution in [1.29, 1.82) is 0 Å². The number of halogens is 1. The highest BCUT2D eigenvalue weighted by Crippen LogP contribution is 2.14. The molecule has 0 N–H and O–H groups in total. The summed E-state index contributed by atoms with van der Waals surface area (Å²) in [4.78, 5) is 33.8. The fourth-order valence-corrected chi connectivity index (χ4v) is 3.30. The molecular weight excluding hydrogens is 336 g/mol. The van der Waals surface area contributed by atoms with Gasteiger partial charge in [-0.2, -0.15) is 0 Å². The fraction of sp³-hybridized carbons (Fsp3) is 0.0667. The Morgan fingerprint density at radius 3 is 2.96 bits per heavy atom. The zero-order valence-electron chi connectivity index (χ0n) is 11.6. The first kappa shape index (κ1) is 14.1. The number of benzene rings is 1. The molecule has 3 heterocycles. The summed E-state index contributed by atoms with van der Waals surface area (Å²) in [5, 5.41) is 2.71. The molecule has 114 valence electrons. The lowest BCUT2D eigenvalue weighted by molar-refractivity contribution is 0.728. The molecule has 0 spiro atoms. The molecule has 0 saturated carbocycles. The van der Waals surface area contributed by atoms with Gasteiger partial charge in [-0.15, -0.1) is 11.3 Å². The van der Waals surface area contributed by atoms with E-state index in [0.717, 1.165) is 0 Å². The lowest BCUT2D eigenvalue weighted by atomic mass is 10.2. The highest BCUT2D eigenvalue weighted by molar-refractivity contribution is 7.15. The molecule has 8 heteroatoms. The topological polar surface area (TPSA) is 69.3 Å². The van der Waals surface area contributed by atoms with Crippen molar-refractivity contribution in [3.63, 3.8) is 0 Å². The molecule has 4 rings (SSSR count). The quantitative estimate of drug-likeness (QED) is 0.559. The van der Waals surface area contributed by atoms with Crippen molar-refractivity contribution >= 4 is 38.8 Å². The average molecular weight is 345 g/mol. The fourth-order valence-electron chi connectivity index (χ4n) is 2.39. The first-order valence-corrected chi connectivity index (χ1v) is 7.98. The van der Waals surface area contributed by atoms with E-state index in [1.165, 1.54) is 32.7 Å². The van der Waals surface area contributed by atoms with Crippen LogP contribution in [-0.4, -0.2) is 18.9 Å². The maximum Gasteiger partial charge on any atom is 0.261 e. The van der Waals surface area contributed by atoms with Gasteiger partial charge in [0.25, 0.3) is 11.1 Å². The van der Waals surface area contributed by atoms with Crippen LogP contribution in [0, 0.1) is 0 Å². The molecule has 0 aliphatic carbocycles. The molecular formula is C15H9ClN4O2S. The predicted molar refractivity (Wildman–Crippen MR) is 89.5 cm³/mol. The highest BCUT2D eigenvalue weighted by Gasteiger charge is 2.08. The van der Waals surface area contributed by atoms with E-state index < -0.39 is 0 Å². The van der Waals surface area contributed by atoms with Gasteiger partial charge in [-0.3, -0.25) is 18.6 Å². The van der Waals surface area contributed by atoms with Crippen LogP contribution in [0.15, 0.2) is 51.8 Å².